The van der Waals surface area contributed by atoms with E-state index in [2.05, 4.69) is 43.7 Å². The Kier molecular flexibility index (Phi) is 7.33. The van der Waals surface area contributed by atoms with Gasteiger partial charge < -0.3 is 14.8 Å². The molecule has 2 atom stereocenters. The number of piperazine rings is 1. The number of carbonyl (C=O) groups is 1. The molecule has 7 heteroatoms. The maximum Gasteiger partial charge on any atom is 0.237 e. The van der Waals surface area contributed by atoms with E-state index in [1.165, 1.54) is 18.4 Å². The van der Waals surface area contributed by atoms with Gasteiger partial charge in [-0.05, 0) is 31.2 Å². The van der Waals surface area contributed by atoms with Crippen LogP contribution in [-0.2, 0) is 18.4 Å². The number of aromatic nitrogens is 2. The maximum absolute atomic E-state index is 13.4. The molecule has 2 unspecified atom stereocenters. The van der Waals surface area contributed by atoms with Gasteiger partial charge in [-0.1, -0.05) is 30.3 Å². The number of benzene rings is 1. The minimum absolute atomic E-state index is 0. The summed E-state index contributed by atoms with van der Waals surface area (Å²) >= 11 is 0. The fraction of sp³-hybridized carbons (Fsp3) is 0.545. The zero-order valence-electron chi connectivity index (χ0n) is 17.3. The lowest BCUT2D eigenvalue weighted by molar-refractivity contribution is -0.136. The highest BCUT2D eigenvalue weighted by Gasteiger charge is 2.36. The summed E-state index contributed by atoms with van der Waals surface area (Å²) in [6.07, 6.45) is 6.29. The topological polar surface area (TPSA) is 53.4 Å². The summed E-state index contributed by atoms with van der Waals surface area (Å²) in [7, 11) is 2.02. The van der Waals surface area contributed by atoms with Gasteiger partial charge in [-0.2, -0.15) is 0 Å². The number of rotatable bonds is 7. The number of amides is 1. The van der Waals surface area contributed by atoms with Crippen molar-refractivity contribution in [2.24, 2.45) is 13.0 Å². The Morgan fingerprint density at radius 2 is 2.07 bits per heavy atom. The zero-order valence-corrected chi connectivity index (χ0v) is 18.1. The van der Waals surface area contributed by atoms with Gasteiger partial charge >= 0.3 is 0 Å². The number of nitrogens with one attached hydrogen (secondary N) is 1. The number of aryl methyl sites for hydroxylation is 1. The first-order valence-corrected chi connectivity index (χ1v) is 10.4. The summed E-state index contributed by atoms with van der Waals surface area (Å²) in [6, 6.07) is 10.8. The van der Waals surface area contributed by atoms with Crippen LogP contribution < -0.4 is 5.32 Å². The number of hydrogen-bond acceptors (Lipinski definition) is 4. The molecule has 1 aliphatic carbocycles. The van der Waals surface area contributed by atoms with E-state index >= 15 is 0 Å². The highest BCUT2D eigenvalue weighted by molar-refractivity contribution is 5.85. The molecule has 1 amide bonds. The minimum atomic E-state index is 0. The minimum Gasteiger partial charge on any atom is -0.337 e. The van der Waals surface area contributed by atoms with E-state index < -0.39 is 0 Å². The molecule has 6 nitrogen and oxygen atoms in total. The van der Waals surface area contributed by atoms with Gasteiger partial charge in [0.05, 0.1) is 12.6 Å². The van der Waals surface area contributed by atoms with E-state index in [9.17, 15) is 4.79 Å². The molecule has 158 valence electrons. The first kappa shape index (κ1) is 21.8. The summed E-state index contributed by atoms with van der Waals surface area (Å²) in [5.74, 6) is 1.90. The molecule has 1 aliphatic heterocycles. The van der Waals surface area contributed by atoms with Gasteiger partial charge in [-0.3, -0.25) is 9.69 Å². The summed E-state index contributed by atoms with van der Waals surface area (Å²) in [4.78, 5) is 22.4. The Labute approximate surface area is 179 Å². The largest absolute Gasteiger partial charge is 0.337 e. The molecule has 1 N–H and O–H groups in total. The lowest BCUT2D eigenvalue weighted by Gasteiger charge is -2.38. The van der Waals surface area contributed by atoms with Gasteiger partial charge in [0.2, 0.25) is 5.91 Å². The van der Waals surface area contributed by atoms with Crippen molar-refractivity contribution in [1.29, 1.82) is 0 Å². The Morgan fingerprint density at radius 1 is 1.31 bits per heavy atom. The molecule has 0 spiro atoms. The average Bonchev–Trinajstić information content (AvgIpc) is 3.48. The molecular formula is C22H32ClN5O. The van der Waals surface area contributed by atoms with Gasteiger partial charge in [0.1, 0.15) is 5.82 Å². The fourth-order valence-corrected chi connectivity index (χ4v) is 4.23. The van der Waals surface area contributed by atoms with Crippen molar-refractivity contribution in [2.45, 2.75) is 38.4 Å². The molecule has 29 heavy (non-hydrogen) atoms. The number of nitrogens with zero attached hydrogens (tertiary/aromatic N) is 4. The zero-order chi connectivity index (χ0) is 19.5. The lowest BCUT2D eigenvalue weighted by atomic mass is 10.1. The summed E-state index contributed by atoms with van der Waals surface area (Å²) < 4.78 is 2.06. The van der Waals surface area contributed by atoms with Crippen molar-refractivity contribution in [1.82, 2.24) is 24.7 Å². The van der Waals surface area contributed by atoms with Crippen LogP contribution in [0.4, 0.5) is 0 Å². The highest BCUT2D eigenvalue weighted by Crippen LogP contribution is 2.36. The van der Waals surface area contributed by atoms with Crippen molar-refractivity contribution in [3.05, 3.63) is 54.1 Å². The van der Waals surface area contributed by atoms with Crippen LogP contribution in [0.15, 0.2) is 42.7 Å². The molecule has 2 aliphatic rings. The third-order valence-electron chi connectivity index (χ3n) is 6.16. The fourth-order valence-electron chi connectivity index (χ4n) is 4.23. The van der Waals surface area contributed by atoms with Crippen molar-refractivity contribution in [3.8, 4) is 0 Å². The van der Waals surface area contributed by atoms with E-state index in [4.69, 9.17) is 0 Å². The standard InChI is InChI=1S/C22H31N5O.ClH/c1-17(19-8-9-19)27(15-18-6-4-3-5-7-18)21(28)16-26-13-10-23-14-20(26)22-24-11-12-25(22)2;/h3-7,11-12,17,19-20,23H,8-10,13-16H2,1-2H3;1H. The van der Waals surface area contributed by atoms with E-state index in [1.807, 2.05) is 37.6 Å². The van der Waals surface area contributed by atoms with Gasteiger partial charge in [0, 0.05) is 51.7 Å². The molecule has 0 radical (unpaired) electrons. The smallest absolute Gasteiger partial charge is 0.237 e. The number of halogens is 1. The molecule has 2 fully saturated rings. The van der Waals surface area contributed by atoms with Gasteiger partial charge in [0.25, 0.3) is 0 Å². The highest BCUT2D eigenvalue weighted by atomic mass is 35.5. The number of carbonyl (C=O) groups excluding carboxylic acids is 1. The molecule has 1 aromatic heterocycles. The summed E-state index contributed by atoms with van der Waals surface area (Å²) in [6.45, 7) is 5.95. The Balaban J connectivity index is 0.00000240. The van der Waals surface area contributed by atoms with Crippen LogP contribution in [0.5, 0.6) is 0 Å². The lowest BCUT2D eigenvalue weighted by Crippen LogP contribution is -2.52. The average molecular weight is 418 g/mol. The molecule has 1 saturated heterocycles. The third kappa shape index (κ3) is 5.18. The van der Waals surface area contributed by atoms with Crippen molar-refractivity contribution < 1.29 is 4.79 Å². The first-order valence-electron chi connectivity index (χ1n) is 10.4. The maximum atomic E-state index is 13.4. The molecule has 2 heterocycles. The quantitative estimate of drug-likeness (QED) is 0.752. The molecule has 1 saturated carbocycles. The van der Waals surface area contributed by atoms with Crippen LogP contribution in [0.1, 0.15) is 37.2 Å². The Morgan fingerprint density at radius 3 is 2.72 bits per heavy atom. The predicted molar refractivity (Wildman–Crippen MR) is 117 cm³/mol. The number of imidazole rings is 1. The van der Waals surface area contributed by atoms with Crippen LogP contribution in [0, 0.1) is 5.92 Å². The predicted octanol–water partition coefficient (Wildman–Crippen LogP) is 2.62. The third-order valence-corrected chi connectivity index (χ3v) is 6.16. The van der Waals surface area contributed by atoms with Gasteiger partial charge in [-0.25, -0.2) is 4.98 Å². The van der Waals surface area contributed by atoms with Crippen LogP contribution >= 0.6 is 12.4 Å². The second-order valence-corrected chi connectivity index (χ2v) is 8.17. The SMILES string of the molecule is CC(C1CC1)N(Cc1ccccc1)C(=O)CN1CCNCC1c1nccn1C.Cl. The molecular weight excluding hydrogens is 386 g/mol. The normalized spacial score (nSPS) is 20.7. The molecule has 1 aromatic carbocycles. The van der Waals surface area contributed by atoms with Crippen LogP contribution in [0.25, 0.3) is 0 Å². The second kappa shape index (κ2) is 9.74. The monoisotopic (exact) mass is 417 g/mol. The summed E-state index contributed by atoms with van der Waals surface area (Å²) in [5.41, 5.74) is 1.20. The Bertz CT molecular complexity index is 792. The van der Waals surface area contributed by atoms with Gasteiger partial charge in [0.15, 0.2) is 0 Å². The Hall–Kier alpha value is -1.89. The van der Waals surface area contributed by atoms with Crippen molar-refractivity contribution in [3.63, 3.8) is 0 Å². The summed E-state index contributed by atoms with van der Waals surface area (Å²) in [5, 5.41) is 3.45. The first-order chi connectivity index (χ1) is 13.6. The van der Waals surface area contributed by atoms with E-state index in [0.717, 1.165) is 25.5 Å². The van der Waals surface area contributed by atoms with Crippen LogP contribution in [-0.4, -0.2) is 57.5 Å². The second-order valence-electron chi connectivity index (χ2n) is 8.17. The molecule has 4 rings (SSSR count). The van der Waals surface area contributed by atoms with Crippen molar-refractivity contribution >= 4 is 18.3 Å². The van der Waals surface area contributed by atoms with Crippen molar-refractivity contribution in [2.75, 3.05) is 26.2 Å². The van der Waals surface area contributed by atoms with E-state index in [1.54, 1.807) is 0 Å². The van der Waals surface area contributed by atoms with E-state index in [-0.39, 0.29) is 24.4 Å². The van der Waals surface area contributed by atoms with E-state index in [0.29, 0.717) is 25.0 Å². The molecule has 2 aromatic rings. The van der Waals surface area contributed by atoms with Crippen LogP contribution in [0.3, 0.4) is 0 Å². The number of hydrogen-bond donors (Lipinski definition) is 1. The van der Waals surface area contributed by atoms with Gasteiger partial charge in [-0.15, -0.1) is 12.4 Å². The molecule has 0 bridgehead atoms. The van der Waals surface area contributed by atoms with Crippen LogP contribution in [0.2, 0.25) is 0 Å².